The van der Waals surface area contributed by atoms with Crippen LogP contribution in [0.3, 0.4) is 0 Å². The second kappa shape index (κ2) is 15.4. The number of anilines is 2. The van der Waals surface area contributed by atoms with Crippen molar-refractivity contribution in [1.82, 2.24) is 0 Å². The number of rotatable bonds is 11. The van der Waals surface area contributed by atoms with Crippen molar-refractivity contribution < 1.29 is 0 Å². The van der Waals surface area contributed by atoms with E-state index in [-0.39, 0.29) is 5.41 Å². The molecule has 0 aromatic heterocycles. The molecule has 0 spiro atoms. The third-order valence-corrected chi connectivity index (χ3v) is 11.7. The van der Waals surface area contributed by atoms with Crippen molar-refractivity contribution in [3.8, 4) is 11.1 Å². The smallest absolute Gasteiger partial charge is 0.193 e. The molecule has 0 amide bonds. The van der Waals surface area contributed by atoms with Crippen LogP contribution < -0.4 is 16.2 Å². The van der Waals surface area contributed by atoms with Gasteiger partial charge in [0, 0.05) is 28.3 Å². The zero-order chi connectivity index (χ0) is 36.3. The Labute approximate surface area is 309 Å². The molecule has 5 aromatic carbocycles. The summed E-state index contributed by atoms with van der Waals surface area (Å²) in [6.07, 6.45) is 9.10. The molecule has 1 unspecified atom stereocenters. The Balaban J connectivity index is 1.54. The lowest BCUT2D eigenvalue weighted by Crippen LogP contribution is -2.33. The molecule has 0 aliphatic heterocycles. The van der Waals surface area contributed by atoms with Gasteiger partial charge in [-0.3, -0.25) is 0 Å². The average Bonchev–Trinajstić information content (AvgIpc) is 3.12. The first-order valence-corrected chi connectivity index (χ1v) is 19.1. The van der Waals surface area contributed by atoms with E-state index in [0.29, 0.717) is 5.92 Å². The number of benzene rings is 5. The first-order chi connectivity index (χ1) is 24.5. The Morgan fingerprint density at radius 1 is 0.725 bits per heavy atom. The molecule has 1 N–H and O–H groups in total. The molecule has 0 radical (unpaired) electrons. The van der Waals surface area contributed by atoms with Gasteiger partial charge in [-0.25, -0.2) is 0 Å². The maximum Gasteiger partial charge on any atom is 0.193 e. The standard InChI is InChI=1S/C49H56BN/c1-10-37-28-35(6)48(50-46-27-19-25-41(36(46)7)39(11-2)40-24-17-15-20-32(40)3)43(30-37)42-31-45(49(8,9)44-26-18-16-21-33(44)4)34(5)29-47(42)51-38-22-13-12-14-23-38/h12-16,18-23,25-31,39,50-51H,10-11,17,24H2,1-9H3. The summed E-state index contributed by atoms with van der Waals surface area (Å²) < 4.78 is 0. The fourth-order valence-corrected chi connectivity index (χ4v) is 8.74. The minimum Gasteiger partial charge on any atom is -0.355 e. The molecule has 1 aliphatic rings. The Bertz CT molecular complexity index is 2100. The van der Waals surface area contributed by atoms with Gasteiger partial charge in [0.2, 0.25) is 0 Å². The molecule has 0 saturated carbocycles. The molecule has 0 fully saturated rings. The largest absolute Gasteiger partial charge is 0.355 e. The molecular weight excluding hydrogens is 613 g/mol. The summed E-state index contributed by atoms with van der Waals surface area (Å²) in [5.41, 5.74) is 21.6. The van der Waals surface area contributed by atoms with Crippen LogP contribution in [-0.4, -0.2) is 7.28 Å². The van der Waals surface area contributed by atoms with E-state index in [1.807, 2.05) is 0 Å². The lowest BCUT2D eigenvalue weighted by molar-refractivity contribution is 0.632. The monoisotopic (exact) mass is 669 g/mol. The van der Waals surface area contributed by atoms with E-state index < -0.39 is 0 Å². The molecule has 0 bridgehead atoms. The van der Waals surface area contributed by atoms with Crippen LogP contribution in [0.4, 0.5) is 11.4 Å². The van der Waals surface area contributed by atoms with Crippen molar-refractivity contribution in [2.24, 2.45) is 0 Å². The van der Waals surface area contributed by atoms with Crippen molar-refractivity contribution in [3.05, 3.63) is 165 Å². The van der Waals surface area contributed by atoms with Crippen LogP contribution in [0, 0.1) is 27.7 Å². The summed E-state index contributed by atoms with van der Waals surface area (Å²) in [6.45, 7) is 20.9. The molecule has 1 atom stereocenters. The fourth-order valence-electron chi connectivity index (χ4n) is 8.74. The highest BCUT2D eigenvalue weighted by atomic mass is 14.9. The predicted octanol–water partition coefficient (Wildman–Crippen LogP) is 11.8. The first kappa shape index (κ1) is 36.2. The number of hydrogen-bond acceptors (Lipinski definition) is 1. The summed E-state index contributed by atoms with van der Waals surface area (Å²) in [4.78, 5) is 0. The van der Waals surface area contributed by atoms with E-state index in [2.05, 4.69) is 177 Å². The van der Waals surface area contributed by atoms with E-state index >= 15 is 0 Å². The Hall–Kier alpha value is -4.56. The summed E-state index contributed by atoms with van der Waals surface area (Å²) in [5, 5.41) is 3.86. The normalized spacial score (nSPS) is 13.7. The van der Waals surface area contributed by atoms with Crippen molar-refractivity contribution in [2.75, 3.05) is 5.32 Å². The minimum absolute atomic E-state index is 0.172. The second-order valence-corrected chi connectivity index (χ2v) is 15.4. The van der Waals surface area contributed by atoms with Gasteiger partial charge in [0.05, 0.1) is 0 Å². The zero-order valence-corrected chi connectivity index (χ0v) is 32.5. The molecule has 0 heterocycles. The van der Waals surface area contributed by atoms with Crippen LogP contribution in [0.1, 0.15) is 104 Å². The quantitative estimate of drug-likeness (QED) is 0.138. The maximum atomic E-state index is 3.86. The van der Waals surface area contributed by atoms with E-state index in [9.17, 15) is 0 Å². The lowest BCUT2D eigenvalue weighted by atomic mass is 9.58. The highest BCUT2D eigenvalue weighted by molar-refractivity contribution is 6.69. The SMILES string of the molecule is CCc1cc(C)c(Bc2cccc(C(CC)C3=C(C)C=CCC3)c2C)c(-c2cc(C(C)(C)c3ccccc3C)c(C)cc2Nc2ccccc2)c1. The maximum absolute atomic E-state index is 3.86. The third kappa shape index (κ3) is 7.43. The van der Waals surface area contributed by atoms with Crippen LogP contribution >= 0.6 is 0 Å². The highest BCUT2D eigenvalue weighted by Crippen LogP contribution is 2.41. The molecule has 0 saturated heterocycles. The Kier molecular flexibility index (Phi) is 10.9. The average molecular weight is 670 g/mol. The molecule has 5 aromatic rings. The van der Waals surface area contributed by atoms with Crippen LogP contribution in [-0.2, 0) is 11.8 Å². The first-order valence-electron chi connectivity index (χ1n) is 19.1. The van der Waals surface area contributed by atoms with Gasteiger partial charge in [0.25, 0.3) is 0 Å². The van der Waals surface area contributed by atoms with Gasteiger partial charge in [-0.2, -0.15) is 0 Å². The summed E-state index contributed by atoms with van der Waals surface area (Å²) in [5.74, 6) is 0.461. The Morgan fingerprint density at radius 2 is 1.47 bits per heavy atom. The Morgan fingerprint density at radius 3 is 2.18 bits per heavy atom. The number of hydrogen-bond donors (Lipinski definition) is 1. The number of allylic oxidation sites excluding steroid dienone is 4. The van der Waals surface area contributed by atoms with Gasteiger partial charge in [0.1, 0.15) is 0 Å². The van der Waals surface area contributed by atoms with E-state index in [4.69, 9.17) is 0 Å². The van der Waals surface area contributed by atoms with Gasteiger partial charge in [-0.1, -0.05) is 146 Å². The van der Waals surface area contributed by atoms with Crippen molar-refractivity contribution in [3.63, 3.8) is 0 Å². The molecule has 260 valence electrons. The molecule has 2 heteroatoms. The van der Waals surface area contributed by atoms with Crippen LogP contribution in [0.15, 0.2) is 120 Å². The van der Waals surface area contributed by atoms with Gasteiger partial charge in [-0.05, 0) is 124 Å². The highest BCUT2D eigenvalue weighted by Gasteiger charge is 2.29. The predicted molar refractivity (Wildman–Crippen MR) is 225 cm³/mol. The second-order valence-electron chi connectivity index (χ2n) is 15.4. The molecule has 6 rings (SSSR count). The summed E-state index contributed by atoms with van der Waals surface area (Å²) >= 11 is 0. The van der Waals surface area contributed by atoms with Gasteiger partial charge in [-0.15, -0.1) is 0 Å². The van der Waals surface area contributed by atoms with Crippen molar-refractivity contribution >= 4 is 29.6 Å². The van der Waals surface area contributed by atoms with Crippen LogP contribution in [0.5, 0.6) is 0 Å². The number of aryl methyl sites for hydroxylation is 4. The van der Waals surface area contributed by atoms with Crippen molar-refractivity contribution in [1.29, 1.82) is 0 Å². The summed E-state index contributed by atoms with van der Waals surface area (Å²) in [7, 11) is 0.897. The molecular formula is C49H56BN. The van der Waals surface area contributed by atoms with E-state index in [1.54, 1.807) is 5.57 Å². The molecule has 51 heavy (non-hydrogen) atoms. The summed E-state index contributed by atoms with van der Waals surface area (Å²) in [6, 6.07) is 36.4. The molecule has 1 nitrogen and oxygen atoms in total. The van der Waals surface area contributed by atoms with E-state index in [1.165, 1.54) is 72.1 Å². The lowest BCUT2D eigenvalue weighted by Gasteiger charge is -2.31. The van der Waals surface area contributed by atoms with Crippen molar-refractivity contribution in [2.45, 2.75) is 99.3 Å². The van der Waals surface area contributed by atoms with Gasteiger partial charge in [0.15, 0.2) is 7.28 Å². The minimum atomic E-state index is -0.172. The van der Waals surface area contributed by atoms with Crippen LogP contribution in [0.25, 0.3) is 11.1 Å². The number of para-hydroxylation sites is 1. The number of nitrogens with one attached hydrogen (secondary N) is 1. The fraction of sp³-hybridized carbons (Fsp3) is 0.306. The zero-order valence-electron chi connectivity index (χ0n) is 32.5. The third-order valence-electron chi connectivity index (χ3n) is 11.7. The topological polar surface area (TPSA) is 12.0 Å². The van der Waals surface area contributed by atoms with E-state index in [0.717, 1.165) is 44.3 Å². The molecule has 1 aliphatic carbocycles. The van der Waals surface area contributed by atoms with Gasteiger partial charge < -0.3 is 5.32 Å². The van der Waals surface area contributed by atoms with Crippen LogP contribution in [0.2, 0.25) is 0 Å². The van der Waals surface area contributed by atoms with Gasteiger partial charge >= 0.3 is 0 Å².